The van der Waals surface area contributed by atoms with Gasteiger partial charge in [0.2, 0.25) is 0 Å². The van der Waals surface area contributed by atoms with Crippen LogP contribution in [-0.4, -0.2) is 51.8 Å². The molecule has 0 saturated carbocycles. The maximum atomic E-state index is 12.1. The van der Waals surface area contributed by atoms with Crippen LogP contribution in [0.2, 0.25) is 0 Å². The molecule has 0 heterocycles. The zero-order chi connectivity index (χ0) is 19.7. The predicted octanol–water partition coefficient (Wildman–Crippen LogP) is 1.56. The Morgan fingerprint density at radius 3 is 2.08 bits per heavy atom. The molecule has 1 amide bonds. The Hall–Kier alpha value is -2.77. The highest BCUT2D eigenvalue weighted by atomic mass is 16.5. The lowest BCUT2D eigenvalue weighted by atomic mass is 9.99. The average molecular weight is 367 g/mol. The second-order valence-corrected chi connectivity index (χ2v) is 5.63. The molecule has 1 aromatic rings. The van der Waals surface area contributed by atoms with Gasteiger partial charge in [0.25, 0.3) is 5.91 Å². The molecule has 0 fully saturated rings. The molecule has 1 N–H and O–H groups in total. The third kappa shape index (κ3) is 5.94. The van der Waals surface area contributed by atoms with E-state index in [0.29, 0.717) is 17.9 Å². The van der Waals surface area contributed by atoms with Gasteiger partial charge in [-0.05, 0) is 18.1 Å². The van der Waals surface area contributed by atoms with Crippen molar-refractivity contribution in [2.45, 2.75) is 26.3 Å². The van der Waals surface area contributed by atoms with E-state index in [0.717, 1.165) is 0 Å². The van der Waals surface area contributed by atoms with Gasteiger partial charge in [0.1, 0.15) is 17.5 Å². The monoisotopic (exact) mass is 367 g/mol. The van der Waals surface area contributed by atoms with Gasteiger partial charge in [-0.2, -0.15) is 0 Å². The Bertz CT molecular complexity index is 622. The predicted molar refractivity (Wildman–Crippen MR) is 93.2 cm³/mol. The summed E-state index contributed by atoms with van der Waals surface area (Å²) >= 11 is 0. The number of amides is 1. The van der Waals surface area contributed by atoms with Gasteiger partial charge in [-0.15, -0.1) is 0 Å². The first-order valence-corrected chi connectivity index (χ1v) is 8.13. The maximum absolute atomic E-state index is 12.1. The van der Waals surface area contributed by atoms with Crippen molar-refractivity contribution in [3.63, 3.8) is 0 Å². The van der Waals surface area contributed by atoms with E-state index in [1.807, 2.05) is 13.8 Å². The van der Waals surface area contributed by atoms with Crippen LogP contribution in [0, 0.1) is 5.92 Å². The molecule has 0 aliphatic rings. The van der Waals surface area contributed by atoms with Gasteiger partial charge in [0.15, 0.2) is 6.61 Å². The highest BCUT2D eigenvalue weighted by Crippen LogP contribution is 2.23. The average Bonchev–Trinajstić information content (AvgIpc) is 2.68. The number of carbonyl (C=O) groups excluding carboxylic acids is 3. The molecule has 0 spiro atoms. The Morgan fingerprint density at radius 2 is 1.62 bits per heavy atom. The Kier molecular flexibility index (Phi) is 8.41. The van der Waals surface area contributed by atoms with Crippen molar-refractivity contribution in [3.8, 4) is 11.5 Å². The minimum absolute atomic E-state index is 0.121. The first kappa shape index (κ1) is 21.3. The van der Waals surface area contributed by atoms with Gasteiger partial charge in [0, 0.05) is 6.07 Å². The van der Waals surface area contributed by atoms with E-state index in [1.165, 1.54) is 33.5 Å². The SMILES string of the molecule is CC[C@@H](C)[C@@H](NC(=O)COC(=O)c1cc(OC)cc(OC)c1)C(=O)OC. The molecular formula is C18H25NO7. The van der Waals surface area contributed by atoms with Crippen molar-refractivity contribution in [1.29, 1.82) is 0 Å². The van der Waals surface area contributed by atoms with Crippen molar-refractivity contribution < 1.29 is 33.3 Å². The zero-order valence-corrected chi connectivity index (χ0v) is 15.7. The van der Waals surface area contributed by atoms with Crippen molar-refractivity contribution >= 4 is 17.8 Å². The summed E-state index contributed by atoms with van der Waals surface area (Å²) in [5.74, 6) is -1.13. The van der Waals surface area contributed by atoms with E-state index < -0.39 is 30.5 Å². The van der Waals surface area contributed by atoms with Crippen LogP contribution in [0.1, 0.15) is 30.6 Å². The van der Waals surface area contributed by atoms with Gasteiger partial charge >= 0.3 is 11.9 Å². The second-order valence-electron chi connectivity index (χ2n) is 5.63. The smallest absolute Gasteiger partial charge is 0.338 e. The maximum Gasteiger partial charge on any atom is 0.338 e. The summed E-state index contributed by atoms with van der Waals surface area (Å²) in [6.07, 6.45) is 0.670. The third-order valence-corrected chi connectivity index (χ3v) is 3.91. The van der Waals surface area contributed by atoms with Crippen LogP contribution >= 0.6 is 0 Å². The topological polar surface area (TPSA) is 100 Å². The fourth-order valence-electron chi connectivity index (χ4n) is 2.15. The molecule has 26 heavy (non-hydrogen) atoms. The number of hydrogen-bond donors (Lipinski definition) is 1. The fourth-order valence-corrected chi connectivity index (χ4v) is 2.15. The van der Waals surface area contributed by atoms with Gasteiger partial charge in [-0.25, -0.2) is 9.59 Å². The zero-order valence-electron chi connectivity index (χ0n) is 15.7. The van der Waals surface area contributed by atoms with Crippen LogP contribution in [0.25, 0.3) is 0 Å². The molecule has 0 aromatic heterocycles. The van der Waals surface area contributed by atoms with Gasteiger partial charge in [0.05, 0.1) is 26.9 Å². The van der Waals surface area contributed by atoms with Crippen LogP contribution in [0.15, 0.2) is 18.2 Å². The molecule has 8 nitrogen and oxygen atoms in total. The molecule has 144 valence electrons. The van der Waals surface area contributed by atoms with Crippen molar-refractivity contribution in [2.24, 2.45) is 5.92 Å². The molecular weight excluding hydrogens is 342 g/mol. The standard InChI is InChI=1S/C18H25NO7/c1-6-11(2)16(18(22)25-5)19-15(20)10-26-17(21)12-7-13(23-3)9-14(8-12)24-4/h7-9,11,16H,6,10H2,1-5H3,(H,19,20)/t11-,16-/m1/s1. The minimum Gasteiger partial charge on any atom is -0.497 e. The van der Waals surface area contributed by atoms with E-state index in [1.54, 1.807) is 6.07 Å². The van der Waals surface area contributed by atoms with Crippen molar-refractivity contribution in [1.82, 2.24) is 5.32 Å². The molecule has 0 saturated heterocycles. The summed E-state index contributed by atoms with van der Waals surface area (Å²) in [7, 11) is 4.17. The van der Waals surface area contributed by atoms with Crippen molar-refractivity contribution in [3.05, 3.63) is 23.8 Å². The number of carbonyl (C=O) groups is 3. The summed E-state index contributed by atoms with van der Waals surface area (Å²) in [4.78, 5) is 36.0. The number of hydrogen-bond acceptors (Lipinski definition) is 7. The molecule has 0 bridgehead atoms. The number of ether oxygens (including phenoxy) is 4. The molecule has 0 aliphatic carbocycles. The molecule has 0 aliphatic heterocycles. The number of esters is 2. The number of methoxy groups -OCH3 is 3. The molecule has 1 rings (SSSR count). The van der Waals surface area contributed by atoms with E-state index in [4.69, 9.17) is 18.9 Å². The van der Waals surface area contributed by atoms with E-state index >= 15 is 0 Å². The van der Waals surface area contributed by atoms with E-state index in [9.17, 15) is 14.4 Å². The lowest BCUT2D eigenvalue weighted by Crippen LogP contribution is -2.47. The van der Waals surface area contributed by atoms with Crippen molar-refractivity contribution in [2.75, 3.05) is 27.9 Å². The molecule has 0 unspecified atom stereocenters. The normalized spacial score (nSPS) is 12.5. The molecule has 8 heteroatoms. The Labute approximate surface area is 152 Å². The van der Waals surface area contributed by atoms with Gasteiger partial charge < -0.3 is 24.3 Å². The highest BCUT2D eigenvalue weighted by Gasteiger charge is 2.27. The number of benzene rings is 1. The Balaban J connectivity index is 2.71. The lowest BCUT2D eigenvalue weighted by molar-refractivity contribution is -0.147. The van der Waals surface area contributed by atoms with Crippen LogP contribution in [-0.2, 0) is 19.1 Å². The Morgan fingerprint density at radius 1 is 1.04 bits per heavy atom. The highest BCUT2D eigenvalue weighted by molar-refractivity contribution is 5.92. The fraction of sp³-hybridized carbons (Fsp3) is 0.500. The number of rotatable bonds is 9. The third-order valence-electron chi connectivity index (χ3n) is 3.91. The largest absolute Gasteiger partial charge is 0.497 e. The number of nitrogens with one attached hydrogen (secondary N) is 1. The van der Waals surface area contributed by atoms with E-state index in [-0.39, 0.29) is 11.5 Å². The van der Waals surface area contributed by atoms with Crippen LogP contribution in [0.4, 0.5) is 0 Å². The molecule has 2 atom stereocenters. The summed E-state index contributed by atoms with van der Waals surface area (Å²) in [5, 5.41) is 2.53. The molecule has 0 radical (unpaired) electrons. The lowest BCUT2D eigenvalue weighted by Gasteiger charge is -2.21. The summed E-state index contributed by atoms with van der Waals surface area (Å²) in [5.41, 5.74) is 0.181. The summed E-state index contributed by atoms with van der Waals surface area (Å²) in [6.45, 7) is 3.18. The van der Waals surface area contributed by atoms with Crippen LogP contribution in [0.3, 0.4) is 0 Å². The van der Waals surface area contributed by atoms with Gasteiger partial charge in [-0.1, -0.05) is 20.3 Å². The minimum atomic E-state index is -0.798. The van der Waals surface area contributed by atoms with Gasteiger partial charge in [-0.3, -0.25) is 4.79 Å². The van der Waals surface area contributed by atoms with Crippen LogP contribution in [0.5, 0.6) is 11.5 Å². The summed E-state index contributed by atoms with van der Waals surface area (Å²) < 4.78 is 19.9. The summed E-state index contributed by atoms with van der Waals surface area (Å²) in [6, 6.07) is 3.75. The second kappa shape index (κ2) is 10.3. The quantitative estimate of drug-likeness (QED) is 0.661. The first-order valence-electron chi connectivity index (χ1n) is 8.13. The van der Waals surface area contributed by atoms with E-state index in [2.05, 4.69) is 5.32 Å². The first-order chi connectivity index (χ1) is 12.4. The molecule has 1 aromatic carbocycles. The van der Waals surface area contributed by atoms with Crippen LogP contribution < -0.4 is 14.8 Å².